The van der Waals surface area contributed by atoms with Crippen LogP contribution in [0, 0.1) is 18.8 Å². The van der Waals surface area contributed by atoms with E-state index in [9.17, 15) is 4.79 Å². The van der Waals surface area contributed by atoms with Crippen molar-refractivity contribution < 1.29 is 4.79 Å². The molecule has 1 atom stereocenters. The topological polar surface area (TPSA) is 55.1 Å². The minimum absolute atomic E-state index is 0.0123. The second kappa shape index (κ2) is 6.67. The van der Waals surface area contributed by atoms with Crippen molar-refractivity contribution >= 4 is 5.91 Å². The summed E-state index contributed by atoms with van der Waals surface area (Å²) in [6.45, 7) is 6.08. The number of hydrogen-bond acceptors (Lipinski definition) is 3. The molecule has 1 saturated carbocycles. The molecule has 1 amide bonds. The number of amides is 1. The first-order chi connectivity index (χ1) is 12.1. The third kappa shape index (κ3) is 3.79. The fourth-order valence-electron chi connectivity index (χ4n) is 3.71. The minimum atomic E-state index is -0.0123. The average Bonchev–Trinajstić information content (AvgIpc) is 3.26. The van der Waals surface area contributed by atoms with Gasteiger partial charge in [0.15, 0.2) is 0 Å². The maximum absolute atomic E-state index is 12.7. The molecular formula is C19H27N5O. The molecule has 6 heteroatoms. The molecule has 0 spiro atoms. The van der Waals surface area contributed by atoms with Crippen LogP contribution in [0.25, 0.3) is 0 Å². The Bertz CT molecular complexity index is 758. The van der Waals surface area contributed by atoms with Crippen molar-refractivity contribution in [2.45, 2.75) is 39.4 Å². The molecule has 0 radical (unpaired) electrons. The lowest BCUT2D eigenvalue weighted by Gasteiger charge is -2.23. The molecule has 2 aliphatic rings. The highest BCUT2D eigenvalue weighted by molar-refractivity contribution is 5.78. The van der Waals surface area contributed by atoms with Crippen molar-refractivity contribution in [3.05, 3.63) is 41.5 Å². The molecule has 2 aromatic rings. The molecule has 3 heterocycles. The lowest BCUT2D eigenvalue weighted by molar-refractivity contribution is -0.126. The molecule has 4 rings (SSSR count). The van der Waals surface area contributed by atoms with Crippen LogP contribution in [0.3, 0.4) is 0 Å². The Morgan fingerprint density at radius 2 is 2.20 bits per heavy atom. The van der Waals surface area contributed by atoms with Gasteiger partial charge in [0.05, 0.1) is 17.3 Å². The summed E-state index contributed by atoms with van der Waals surface area (Å²) in [6, 6.07) is 6.37. The summed E-state index contributed by atoms with van der Waals surface area (Å²) in [6.07, 6.45) is 4.62. The molecule has 2 aromatic heterocycles. The number of carbonyl (C=O) groups excluding carboxylic acids is 1. The van der Waals surface area contributed by atoms with Crippen molar-refractivity contribution in [3.63, 3.8) is 0 Å². The monoisotopic (exact) mass is 341 g/mol. The molecule has 134 valence electrons. The molecule has 1 fully saturated rings. The molecular weight excluding hydrogens is 314 g/mol. The third-order valence-electron chi connectivity index (χ3n) is 5.32. The molecule has 0 bridgehead atoms. The first kappa shape index (κ1) is 16.4. The van der Waals surface area contributed by atoms with Crippen LogP contribution in [0.2, 0.25) is 0 Å². The van der Waals surface area contributed by atoms with Gasteiger partial charge < -0.3 is 9.88 Å². The lowest BCUT2D eigenvalue weighted by atomic mass is 10.1. The van der Waals surface area contributed by atoms with E-state index in [0.717, 1.165) is 38.4 Å². The number of hydrogen-bond donors (Lipinski definition) is 1. The Morgan fingerprint density at radius 3 is 2.92 bits per heavy atom. The van der Waals surface area contributed by atoms with Crippen LogP contribution in [0.15, 0.2) is 24.4 Å². The second-order valence-electron chi connectivity index (χ2n) is 7.61. The summed E-state index contributed by atoms with van der Waals surface area (Å²) in [7, 11) is 1.99. The molecule has 1 aliphatic heterocycles. The number of carbonyl (C=O) groups is 1. The van der Waals surface area contributed by atoms with Crippen LogP contribution in [0.1, 0.15) is 29.9 Å². The highest BCUT2D eigenvalue weighted by atomic mass is 16.1. The van der Waals surface area contributed by atoms with E-state index < -0.39 is 0 Å². The summed E-state index contributed by atoms with van der Waals surface area (Å²) in [5.41, 5.74) is 3.50. The molecule has 0 saturated heterocycles. The van der Waals surface area contributed by atoms with Gasteiger partial charge in [-0.25, -0.2) is 0 Å². The number of nitrogens with zero attached hydrogens (tertiary/aromatic N) is 4. The smallest absolute Gasteiger partial charge is 0.226 e. The number of aromatic nitrogens is 3. The van der Waals surface area contributed by atoms with E-state index in [2.05, 4.69) is 44.3 Å². The van der Waals surface area contributed by atoms with Crippen molar-refractivity contribution in [3.8, 4) is 0 Å². The van der Waals surface area contributed by atoms with Crippen molar-refractivity contribution in [1.82, 2.24) is 24.6 Å². The van der Waals surface area contributed by atoms with Crippen LogP contribution in [-0.2, 0) is 31.5 Å². The van der Waals surface area contributed by atoms with Crippen LogP contribution in [0.4, 0.5) is 0 Å². The van der Waals surface area contributed by atoms with Gasteiger partial charge in [-0.05, 0) is 43.9 Å². The van der Waals surface area contributed by atoms with Gasteiger partial charge in [-0.15, -0.1) is 0 Å². The van der Waals surface area contributed by atoms with Gasteiger partial charge in [0.2, 0.25) is 5.91 Å². The minimum Gasteiger partial charge on any atom is -0.355 e. The first-order valence-electron chi connectivity index (χ1n) is 9.22. The van der Waals surface area contributed by atoms with E-state index in [1.54, 1.807) is 0 Å². The zero-order valence-electron chi connectivity index (χ0n) is 15.1. The van der Waals surface area contributed by atoms with Gasteiger partial charge in [0.1, 0.15) is 0 Å². The Hall–Kier alpha value is -2.08. The molecule has 0 aromatic carbocycles. The van der Waals surface area contributed by atoms with Crippen LogP contribution in [-0.4, -0.2) is 38.2 Å². The Morgan fingerprint density at radius 1 is 1.36 bits per heavy atom. The van der Waals surface area contributed by atoms with E-state index in [-0.39, 0.29) is 11.8 Å². The van der Waals surface area contributed by atoms with Gasteiger partial charge in [-0.3, -0.25) is 14.4 Å². The lowest BCUT2D eigenvalue weighted by Crippen LogP contribution is -2.39. The van der Waals surface area contributed by atoms with Gasteiger partial charge in [0.25, 0.3) is 0 Å². The predicted molar refractivity (Wildman–Crippen MR) is 95.7 cm³/mol. The van der Waals surface area contributed by atoms with E-state index in [1.807, 2.05) is 18.7 Å². The van der Waals surface area contributed by atoms with Gasteiger partial charge in [-0.1, -0.05) is 0 Å². The summed E-state index contributed by atoms with van der Waals surface area (Å²) >= 11 is 0. The summed E-state index contributed by atoms with van der Waals surface area (Å²) in [5.74, 6) is 0.895. The number of aryl methyl sites for hydroxylation is 2. The zero-order valence-corrected chi connectivity index (χ0v) is 15.1. The number of fused-ring (bicyclic) bond motifs is 1. The van der Waals surface area contributed by atoms with E-state index in [1.165, 1.54) is 24.2 Å². The van der Waals surface area contributed by atoms with Crippen LogP contribution in [0.5, 0.6) is 0 Å². The van der Waals surface area contributed by atoms with Gasteiger partial charge in [0, 0.05) is 51.7 Å². The van der Waals surface area contributed by atoms with Crippen molar-refractivity contribution in [2.75, 3.05) is 13.1 Å². The first-order valence-corrected chi connectivity index (χ1v) is 9.22. The molecule has 1 aliphatic carbocycles. The Labute approximate surface area is 148 Å². The normalized spacial score (nSPS) is 21.0. The third-order valence-corrected chi connectivity index (χ3v) is 5.32. The standard InChI is InChI=1S/C19H27N5O/c1-14-8-18(22(2)21-14)13-23-10-16(19(25)20-9-15-5-6-15)11-24-7-3-4-17(24)12-23/h3-4,7-8,15-16H,5-6,9-13H2,1-2H3,(H,20,25)/t16-/m1/s1. The summed E-state index contributed by atoms with van der Waals surface area (Å²) < 4.78 is 4.18. The Balaban J connectivity index is 1.50. The second-order valence-corrected chi connectivity index (χ2v) is 7.61. The average molecular weight is 341 g/mol. The van der Waals surface area contributed by atoms with Gasteiger partial charge >= 0.3 is 0 Å². The van der Waals surface area contributed by atoms with Gasteiger partial charge in [-0.2, -0.15) is 5.10 Å². The van der Waals surface area contributed by atoms with E-state index in [0.29, 0.717) is 5.92 Å². The van der Waals surface area contributed by atoms with Crippen molar-refractivity contribution in [1.29, 1.82) is 0 Å². The van der Waals surface area contributed by atoms with Crippen LogP contribution < -0.4 is 5.32 Å². The maximum Gasteiger partial charge on any atom is 0.226 e. The highest BCUT2D eigenvalue weighted by Gasteiger charge is 2.29. The largest absolute Gasteiger partial charge is 0.355 e. The number of rotatable bonds is 5. The van der Waals surface area contributed by atoms with Crippen molar-refractivity contribution in [2.24, 2.45) is 18.9 Å². The fraction of sp³-hybridized carbons (Fsp3) is 0.579. The molecule has 25 heavy (non-hydrogen) atoms. The SMILES string of the molecule is Cc1cc(CN2Cc3cccn3C[C@H](C(=O)NCC3CC3)C2)n(C)n1. The van der Waals surface area contributed by atoms with E-state index >= 15 is 0 Å². The predicted octanol–water partition coefficient (Wildman–Crippen LogP) is 1.69. The quantitative estimate of drug-likeness (QED) is 0.900. The molecule has 0 unspecified atom stereocenters. The van der Waals surface area contributed by atoms with E-state index in [4.69, 9.17) is 0 Å². The molecule has 6 nitrogen and oxygen atoms in total. The Kier molecular flexibility index (Phi) is 4.37. The zero-order chi connectivity index (χ0) is 17.4. The fourth-order valence-corrected chi connectivity index (χ4v) is 3.71. The molecule has 1 N–H and O–H groups in total. The maximum atomic E-state index is 12.7. The van der Waals surface area contributed by atoms with Crippen LogP contribution >= 0.6 is 0 Å². The summed E-state index contributed by atoms with van der Waals surface area (Å²) in [4.78, 5) is 15.1. The summed E-state index contributed by atoms with van der Waals surface area (Å²) in [5, 5.41) is 7.62. The number of nitrogens with one attached hydrogen (secondary N) is 1. The highest BCUT2D eigenvalue weighted by Crippen LogP contribution is 2.28.